The van der Waals surface area contributed by atoms with E-state index in [1.807, 2.05) is 47.4 Å². The summed E-state index contributed by atoms with van der Waals surface area (Å²) in [6.07, 6.45) is 0.552. The Balaban J connectivity index is 1.73. The summed E-state index contributed by atoms with van der Waals surface area (Å²) < 4.78 is 6.81. The van der Waals surface area contributed by atoms with Gasteiger partial charge in [0.05, 0.1) is 18.2 Å². The van der Waals surface area contributed by atoms with E-state index in [1.165, 1.54) is 0 Å². The van der Waals surface area contributed by atoms with E-state index in [4.69, 9.17) is 10.2 Å². The summed E-state index contributed by atoms with van der Waals surface area (Å²) in [4.78, 5) is 26.0. The summed E-state index contributed by atoms with van der Waals surface area (Å²) in [7, 11) is 0. The van der Waals surface area contributed by atoms with Gasteiger partial charge in [0.15, 0.2) is 5.58 Å². The predicted octanol–water partition coefficient (Wildman–Crippen LogP) is 1.46. The number of primary amides is 1. The summed E-state index contributed by atoms with van der Waals surface area (Å²) in [5.41, 5.74) is 9.13. The molecule has 4 rings (SSSR count). The van der Waals surface area contributed by atoms with E-state index in [9.17, 15) is 9.59 Å². The van der Waals surface area contributed by atoms with Crippen molar-refractivity contribution in [3.63, 3.8) is 0 Å². The Labute approximate surface area is 138 Å². The van der Waals surface area contributed by atoms with Crippen molar-refractivity contribution in [3.8, 4) is 0 Å². The number of aromatic nitrogens is 1. The van der Waals surface area contributed by atoms with Crippen molar-refractivity contribution in [1.29, 1.82) is 0 Å². The van der Waals surface area contributed by atoms with Crippen LogP contribution in [0.3, 0.4) is 0 Å². The van der Waals surface area contributed by atoms with Crippen molar-refractivity contribution in [2.75, 3.05) is 0 Å². The molecule has 6 heteroatoms. The smallest absolute Gasteiger partial charge is 0.408 e. The number of amides is 1. The zero-order chi connectivity index (χ0) is 16.7. The number of nitrogens with two attached hydrogens (primary N) is 1. The average Bonchev–Trinajstić information content (AvgIpc) is 2.90. The van der Waals surface area contributed by atoms with Crippen molar-refractivity contribution in [3.05, 3.63) is 70.2 Å². The van der Waals surface area contributed by atoms with Crippen LogP contribution in [0.5, 0.6) is 0 Å². The number of rotatable bonds is 3. The number of benzene rings is 2. The third kappa shape index (κ3) is 2.41. The van der Waals surface area contributed by atoms with Crippen LogP contribution >= 0.6 is 0 Å². The average molecular weight is 323 g/mol. The number of fused-ring (bicyclic) bond motifs is 2. The van der Waals surface area contributed by atoms with E-state index < -0.39 is 11.8 Å². The predicted molar refractivity (Wildman–Crippen MR) is 89.1 cm³/mol. The monoisotopic (exact) mass is 323 g/mol. The van der Waals surface area contributed by atoms with Gasteiger partial charge < -0.3 is 10.2 Å². The molecule has 2 N–H and O–H groups in total. The summed E-state index contributed by atoms with van der Waals surface area (Å²) in [5, 5.41) is 0. The van der Waals surface area contributed by atoms with Crippen LogP contribution in [0.4, 0.5) is 0 Å². The van der Waals surface area contributed by atoms with Gasteiger partial charge in [-0.25, -0.2) is 4.79 Å². The maximum absolute atomic E-state index is 12.2. The number of carbonyl (C=O) groups excluding carboxylic acids is 1. The van der Waals surface area contributed by atoms with Gasteiger partial charge in [-0.2, -0.15) is 0 Å². The molecule has 0 radical (unpaired) electrons. The highest BCUT2D eigenvalue weighted by Gasteiger charge is 2.30. The van der Waals surface area contributed by atoms with Crippen molar-refractivity contribution in [2.24, 2.45) is 5.73 Å². The van der Waals surface area contributed by atoms with Gasteiger partial charge in [0.25, 0.3) is 0 Å². The number of hydrogen-bond donors (Lipinski definition) is 1. The molecule has 24 heavy (non-hydrogen) atoms. The van der Waals surface area contributed by atoms with Crippen LogP contribution in [0.15, 0.2) is 57.7 Å². The zero-order valence-electron chi connectivity index (χ0n) is 13.0. The van der Waals surface area contributed by atoms with Gasteiger partial charge in [-0.05, 0) is 29.7 Å². The zero-order valence-corrected chi connectivity index (χ0v) is 13.0. The van der Waals surface area contributed by atoms with Gasteiger partial charge in [-0.3, -0.25) is 14.3 Å². The maximum Gasteiger partial charge on any atom is 0.421 e. The number of carbonyl (C=O) groups is 1. The normalized spacial score (nSPS) is 17.8. The SMILES string of the molecule is NC(=O)[C@H]1Cc2ccccc2CN1Cn1c(=O)oc2ccccc21. The van der Waals surface area contributed by atoms with E-state index in [0.717, 1.165) is 11.1 Å². The molecule has 0 bridgehead atoms. The van der Waals surface area contributed by atoms with Crippen molar-refractivity contribution in [1.82, 2.24) is 9.47 Å². The number of nitrogens with zero attached hydrogens (tertiary/aromatic N) is 2. The van der Waals surface area contributed by atoms with Gasteiger partial charge in [0, 0.05) is 6.54 Å². The molecule has 3 aromatic rings. The summed E-state index contributed by atoms with van der Waals surface area (Å²) in [6.45, 7) is 0.827. The van der Waals surface area contributed by atoms with E-state index in [0.29, 0.717) is 24.1 Å². The minimum Gasteiger partial charge on any atom is -0.408 e. The standard InChI is InChI=1S/C18H17N3O3/c19-17(22)15-9-12-5-1-2-6-13(12)10-20(15)11-21-14-7-3-4-8-16(14)24-18(21)23/h1-8,15H,9-11H2,(H2,19,22)/t15-/m1/s1. The Kier molecular flexibility index (Phi) is 3.46. The Morgan fingerprint density at radius 3 is 2.62 bits per heavy atom. The number of hydrogen-bond acceptors (Lipinski definition) is 4. The summed E-state index contributed by atoms with van der Waals surface area (Å²) in [6, 6.07) is 14.8. The van der Waals surface area contributed by atoms with Crippen LogP contribution in [0.2, 0.25) is 0 Å². The lowest BCUT2D eigenvalue weighted by atomic mass is 9.94. The van der Waals surface area contributed by atoms with Gasteiger partial charge in [0.2, 0.25) is 5.91 Å². The molecule has 2 heterocycles. The third-order valence-corrected chi connectivity index (χ3v) is 4.57. The molecule has 0 saturated carbocycles. The Morgan fingerprint density at radius 1 is 1.12 bits per heavy atom. The molecular formula is C18H17N3O3. The highest BCUT2D eigenvalue weighted by molar-refractivity contribution is 5.80. The summed E-state index contributed by atoms with van der Waals surface area (Å²) >= 11 is 0. The molecule has 0 fully saturated rings. The molecule has 0 unspecified atom stereocenters. The highest BCUT2D eigenvalue weighted by Crippen LogP contribution is 2.24. The van der Waals surface area contributed by atoms with Crippen LogP contribution in [-0.2, 0) is 24.4 Å². The molecule has 0 saturated heterocycles. The first-order valence-electron chi connectivity index (χ1n) is 7.82. The molecule has 1 aliphatic rings. The molecule has 1 amide bonds. The quantitative estimate of drug-likeness (QED) is 0.791. The minimum atomic E-state index is -0.444. The van der Waals surface area contributed by atoms with Crippen LogP contribution in [0.25, 0.3) is 11.1 Å². The third-order valence-electron chi connectivity index (χ3n) is 4.57. The number of oxazole rings is 1. The molecule has 1 aromatic heterocycles. The fourth-order valence-electron chi connectivity index (χ4n) is 3.34. The molecule has 0 spiro atoms. The molecule has 0 aliphatic carbocycles. The first-order valence-corrected chi connectivity index (χ1v) is 7.82. The van der Waals surface area contributed by atoms with E-state index >= 15 is 0 Å². The van der Waals surface area contributed by atoms with Crippen LogP contribution < -0.4 is 11.5 Å². The van der Waals surface area contributed by atoms with Crippen molar-refractivity contribution in [2.45, 2.75) is 25.7 Å². The summed E-state index contributed by atoms with van der Waals surface area (Å²) in [5.74, 6) is -0.816. The second kappa shape index (κ2) is 5.65. The van der Waals surface area contributed by atoms with Crippen molar-refractivity contribution >= 4 is 17.0 Å². The minimum absolute atomic E-state index is 0.262. The fraction of sp³-hybridized carbons (Fsp3) is 0.222. The molecule has 2 aromatic carbocycles. The molecule has 1 atom stereocenters. The second-order valence-corrected chi connectivity index (χ2v) is 6.04. The number of para-hydroxylation sites is 2. The highest BCUT2D eigenvalue weighted by atomic mass is 16.4. The molecule has 1 aliphatic heterocycles. The topological polar surface area (TPSA) is 81.5 Å². The fourth-order valence-corrected chi connectivity index (χ4v) is 3.34. The molecule has 122 valence electrons. The Bertz CT molecular complexity index is 973. The largest absolute Gasteiger partial charge is 0.421 e. The lowest BCUT2D eigenvalue weighted by Crippen LogP contribution is -2.49. The van der Waals surface area contributed by atoms with Gasteiger partial charge in [-0.1, -0.05) is 36.4 Å². The lowest BCUT2D eigenvalue weighted by molar-refractivity contribution is -0.124. The van der Waals surface area contributed by atoms with Crippen LogP contribution in [0, 0.1) is 0 Å². The van der Waals surface area contributed by atoms with Gasteiger partial charge in [0.1, 0.15) is 0 Å². The van der Waals surface area contributed by atoms with E-state index in [-0.39, 0.29) is 12.6 Å². The molecule has 6 nitrogen and oxygen atoms in total. The van der Waals surface area contributed by atoms with E-state index in [1.54, 1.807) is 10.6 Å². The first-order chi connectivity index (χ1) is 11.6. The maximum atomic E-state index is 12.2. The van der Waals surface area contributed by atoms with Gasteiger partial charge >= 0.3 is 5.76 Å². The van der Waals surface area contributed by atoms with Crippen molar-refractivity contribution < 1.29 is 9.21 Å². The van der Waals surface area contributed by atoms with Crippen LogP contribution in [-0.4, -0.2) is 21.4 Å². The van der Waals surface area contributed by atoms with Crippen LogP contribution in [0.1, 0.15) is 11.1 Å². The Hall–Kier alpha value is -2.86. The van der Waals surface area contributed by atoms with Gasteiger partial charge in [-0.15, -0.1) is 0 Å². The molecular weight excluding hydrogens is 306 g/mol. The first kappa shape index (κ1) is 14.7. The lowest BCUT2D eigenvalue weighted by Gasteiger charge is -2.34. The Morgan fingerprint density at radius 2 is 1.83 bits per heavy atom. The van der Waals surface area contributed by atoms with E-state index in [2.05, 4.69) is 0 Å². The second-order valence-electron chi connectivity index (χ2n) is 6.04.